The van der Waals surface area contributed by atoms with Crippen LogP contribution >= 0.6 is 11.6 Å². The van der Waals surface area contributed by atoms with E-state index in [1.54, 1.807) is 12.1 Å². The Kier molecular flexibility index (Phi) is 4.45. The zero-order valence-corrected chi connectivity index (χ0v) is 12.9. The highest BCUT2D eigenvalue weighted by atomic mass is 35.5. The number of phenolic OH excluding ortho intramolecular Hbond substituents is 1. The molecular weight excluding hydrogens is 316 g/mol. The molecule has 0 fully saturated rings. The predicted octanol–water partition coefficient (Wildman–Crippen LogP) is 3.14. The lowest BCUT2D eigenvalue weighted by Crippen LogP contribution is -2.09. The van der Waals surface area contributed by atoms with Crippen molar-refractivity contribution in [2.45, 2.75) is 0 Å². The van der Waals surface area contributed by atoms with Gasteiger partial charge in [0.25, 0.3) is 0 Å². The second-order valence-electron chi connectivity index (χ2n) is 4.85. The number of fused-ring (bicyclic) bond motifs is 1. The highest BCUT2D eigenvalue weighted by Gasteiger charge is 2.09. The maximum absolute atomic E-state index is 9.89. The molecule has 2 aromatic carbocycles. The molecule has 0 aliphatic carbocycles. The van der Waals surface area contributed by atoms with E-state index in [1.165, 1.54) is 6.07 Å². The number of nitrogens with zero attached hydrogens (tertiary/aromatic N) is 2. The van der Waals surface area contributed by atoms with Gasteiger partial charge in [-0.3, -0.25) is 0 Å². The SMILES string of the molecule is OCCNc1nc(Nc2cc(Cl)ccc2O)nc2ccccc12. The average Bonchev–Trinajstić information content (AvgIpc) is 2.56. The molecule has 3 aromatic rings. The third kappa shape index (κ3) is 3.44. The first-order chi connectivity index (χ1) is 11.2. The fraction of sp³-hybridized carbons (Fsp3) is 0.125. The van der Waals surface area contributed by atoms with Crippen molar-refractivity contribution in [3.05, 3.63) is 47.5 Å². The zero-order chi connectivity index (χ0) is 16.2. The highest BCUT2D eigenvalue weighted by molar-refractivity contribution is 6.31. The van der Waals surface area contributed by atoms with Gasteiger partial charge in [0.15, 0.2) is 0 Å². The number of halogens is 1. The number of aromatic hydroxyl groups is 1. The number of para-hydroxylation sites is 1. The number of rotatable bonds is 5. The molecule has 23 heavy (non-hydrogen) atoms. The minimum Gasteiger partial charge on any atom is -0.506 e. The van der Waals surface area contributed by atoms with Crippen LogP contribution in [0.25, 0.3) is 10.9 Å². The number of hydrogen-bond acceptors (Lipinski definition) is 6. The number of anilines is 3. The van der Waals surface area contributed by atoms with Gasteiger partial charge in [-0.2, -0.15) is 4.98 Å². The topological polar surface area (TPSA) is 90.3 Å². The van der Waals surface area contributed by atoms with Crippen molar-refractivity contribution in [2.24, 2.45) is 0 Å². The van der Waals surface area contributed by atoms with Crippen molar-refractivity contribution in [3.8, 4) is 5.75 Å². The van der Waals surface area contributed by atoms with E-state index in [4.69, 9.17) is 16.7 Å². The minimum atomic E-state index is -0.00380. The summed E-state index contributed by atoms with van der Waals surface area (Å²) in [7, 11) is 0. The Morgan fingerprint density at radius 2 is 1.91 bits per heavy atom. The summed E-state index contributed by atoms with van der Waals surface area (Å²) in [6.07, 6.45) is 0. The van der Waals surface area contributed by atoms with Crippen LogP contribution in [0.3, 0.4) is 0 Å². The highest BCUT2D eigenvalue weighted by Crippen LogP contribution is 2.30. The van der Waals surface area contributed by atoms with Gasteiger partial charge in [0.1, 0.15) is 11.6 Å². The van der Waals surface area contributed by atoms with Crippen LogP contribution in [0.4, 0.5) is 17.5 Å². The van der Waals surface area contributed by atoms with Gasteiger partial charge in [0.2, 0.25) is 5.95 Å². The van der Waals surface area contributed by atoms with Crippen LogP contribution in [0, 0.1) is 0 Å². The summed E-state index contributed by atoms with van der Waals surface area (Å²) in [4.78, 5) is 8.84. The number of aliphatic hydroxyl groups is 1. The van der Waals surface area contributed by atoms with E-state index < -0.39 is 0 Å². The smallest absolute Gasteiger partial charge is 0.229 e. The zero-order valence-electron chi connectivity index (χ0n) is 12.1. The average molecular weight is 331 g/mol. The van der Waals surface area contributed by atoms with Crippen LogP contribution < -0.4 is 10.6 Å². The fourth-order valence-corrected chi connectivity index (χ4v) is 2.34. The lowest BCUT2D eigenvalue weighted by molar-refractivity contribution is 0.311. The standard InChI is InChI=1S/C16H15ClN4O2/c17-10-5-6-14(23)13(9-10)20-16-19-12-4-2-1-3-11(12)15(21-16)18-7-8-22/h1-6,9,22-23H,7-8H2,(H2,18,19,20,21). The summed E-state index contributed by atoms with van der Waals surface area (Å²) in [6.45, 7) is 0.374. The number of nitrogens with one attached hydrogen (secondary N) is 2. The van der Waals surface area contributed by atoms with E-state index in [9.17, 15) is 5.11 Å². The summed E-state index contributed by atoms with van der Waals surface area (Å²) in [5, 5.41) is 26.3. The number of hydrogen-bond donors (Lipinski definition) is 4. The molecule has 0 unspecified atom stereocenters. The van der Waals surface area contributed by atoms with Gasteiger partial charge in [-0.15, -0.1) is 0 Å². The molecular formula is C16H15ClN4O2. The summed E-state index contributed by atoms with van der Waals surface area (Å²) >= 11 is 5.95. The Morgan fingerprint density at radius 1 is 1.09 bits per heavy atom. The second kappa shape index (κ2) is 6.68. The third-order valence-corrected chi connectivity index (χ3v) is 3.45. The van der Waals surface area contributed by atoms with E-state index >= 15 is 0 Å². The lowest BCUT2D eigenvalue weighted by atomic mass is 10.2. The molecule has 7 heteroatoms. The van der Waals surface area contributed by atoms with Crippen molar-refractivity contribution in [1.82, 2.24) is 9.97 Å². The second-order valence-corrected chi connectivity index (χ2v) is 5.29. The van der Waals surface area contributed by atoms with E-state index in [1.807, 2.05) is 24.3 Å². The number of aliphatic hydroxyl groups excluding tert-OH is 1. The van der Waals surface area contributed by atoms with Crippen molar-refractivity contribution >= 4 is 40.0 Å². The van der Waals surface area contributed by atoms with Crippen molar-refractivity contribution in [1.29, 1.82) is 0 Å². The molecule has 1 heterocycles. The first-order valence-electron chi connectivity index (χ1n) is 7.04. The normalized spacial score (nSPS) is 10.7. The Morgan fingerprint density at radius 3 is 2.74 bits per heavy atom. The molecule has 6 nitrogen and oxygen atoms in total. The van der Waals surface area contributed by atoms with Gasteiger partial charge in [0, 0.05) is 17.0 Å². The molecule has 0 aliphatic rings. The predicted molar refractivity (Wildman–Crippen MR) is 91.5 cm³/mol. The summed E-state index contributed by atoms with van der Waals surface area (Å²) < 4.78 is 0. The Bertz CT molecular complexity index is 841. The van der Waals surface area contributed by atoms with Gasteiger partial charge in [-0.25, -0.2) is 4.98 Å². The molecule has 0 saturated carbocycles. The van der Waals surface area contributed by atoms with Gasteiger partial charge in [0.05, 0.1) is 17.8 Å². The summed E-state index contributed by atoms with van der Waals surface area (Å²) in [5.41, 5.74) is 1.16. The minimum absolute atomic E-state index is 0.00380. The van der Waals surface area contributed by atoms with Gasteiger partial charge in [-0.1, -0.05) is 23.7 Å². The molecule has 0 saturated heterocycles. The largest absolute Gasteiger partial charge is 0.506 e. The molecule has 0 amide bonds. The van der Waals surface area contributed by atoms with Crippen molar-refractivity contribution in [3.63, 3.8) is 0 Å². The van der Waals surface area contributed by atoms with Gasteiger partial charge < -0.3 is 20.8 Å². The Balaban J connectivity index is 2.02. The Labute approximate surface area is 137 Å². The van der Waals surface area contributed by atoms with Crippen LogP contribution in [-0.4, -0.2) is 33.3 Å². The van der Waals surface area contributed by atoms with Crippen LogP contribution in [-0.2, 0) is 0 Å². The maximum Gasteiger partial charge on any atom is 0.229 e. The fourth-order valence-electron chi connectivity index (χ4n) is 2.17. The molecule has 0 aliphatic heterocycles. The van der Waals surface area contributed by atoms with Gasteiger partial charge in [-0.05, 0) is 30.3 Å². The van der Waals surface area contributed by atoms with Crippen LogP contribution in [0.15, 0.2) is 42.5 Å². The summed E-state index contributed by atoms with van der Waals surface area (Å²) in [6, 6.07) is 12.2. The monoisotopic (exact) mass is 330 g/mol. The number of aromatic nitrogens is 2. The van der Waals surface area contributed by atoms with Crippen LogP contribution in [0.5, 0.6) is 5.75 Å². The van der Waals surface area contributed by atoms with Crippen molar-refractivity contribution in [2.75, 3.05) is 23.8 Å². The van der Waals surface area contributed by atoms with E-state index in [-0.39, 0.29) is 12.4 Å². The molecule has 4 N–H and O–H groups in total. The quantitative estimate of drug-likeness (QED) is 0.537. The lowest BCUT2D eigenvalue weighted by Gasteiger charge is -2.12. The molecule has 0 radical (unpaired) electrons. The molecule has 0 bridgehead atoms. The van der Waals surface area contributed by atoms with Crippen LogP contribution in [0.1, 0.15) is 0 Å². The molecule has 1 aromatic heterocycles. The maximum atomic E-state index is 9.89. The first kappa shape index (κ1) is 15.3. The summed E-state index contributed by atoms with van der Waals surface area (Å²) in [5.74, 6) is 0.978. The van der Waals surface area contributed by atoms with Crippen LogP contribution in [0.2, 0.25) is 5.02 Å². The van der Waals surface area contributed by atoms with E-state index in [0.717, 1.165) is 10.9 Å². The van der Waals surface area contributed by atoms with E-state index in [0.29, 0.717) is 29.0 Å². The first-order valence-corrected chi connectivity index (χ1v) is 7.42. The number of benzene rings is 2. The Hall–Kier alpha value is -2.57. The third-order valence-electron chi connectivity index (χ3n) is 3.21. The molecule has 3 rings (SSSR count). The molecule has 0 atom stereocenters. The van der Waals surface area contributed by atoms with E-state index in [2.05, 4.69) is 20.6 Å². The molecule has 0 spiro atoms. The van der Waals surface area contributed by atoms with Crippen molar-refractivity contribution < 1.29 is 10.2 Å². The molecule has 118 valence electrons. The number of phenols is 1. The van der Waals surface area contributed by atoms with Gasteiger partial charge >= 0.3 is 0 Å².